The zero-order chi connectivity index (χ0) is 17.8. The van der Waals surface area contributed by atoms with Crippen LogP contribution < -0.4 is 0 Å². The normalized spacial score (nSPS) is 14.1. The molecule has 0 spiro atoms. The Balaban J connectivity index is 5.28. The molecule has 0 atom stereocenters. The van der Waals surface area contributed by atoms with E-state index in [1.54, 1.807) is 0 Å². The Labute approximate surface area is 125 Å². The highest BCUT2D eigenvalue weighted by molar-refractivity contribution is 5.71. The molecule has 0 aliphatic rings. The third-order valence-corrected chi connectivity index (χ3v) is 2.65. The number of rotatable bonds is 6. The average molecular weight is 338 g/mol. The van der Waals surface area contributed by atoms with Crippen molar-refractivity contribution in [3.8, 4) is 0 Å². The molecule has 0 aliphatic carbocycles. The van der Waals surface area contributed by atoms with Crippen LogP contribution in [-0.2, 0) is 14.3 Å². The van der Waals surface area contributed by atoms with Gasteiger partial charge in [-0.2, -0.15) is 26.3 Å². The summed E-state index contributed by atoms with van der Waals surface area (Å²) in [7, 11) is 0. The molecule has 3 nitrogen and oxygen atoms in total. The highest BCUT2D eigenvalue weighted by Gasteiger charge is 2.71. The second kappa shape index (κ2) is 7.06. The first-order valence-corrected chi connectivity index (χ1v) is 6.65. The fourth-order valence-electron chi connectivity index (χ4n) is 1.66. The minimum absolute atomic E-state index is 0.115. The summed E-state index contributed by atoms with van der Waals surface area (Å²) in [5.41, 5.74) is -5.41. The predicted molar refractivity (Wildman–Crippen MR) is 66.2 cm³/mol. The minimum Gasteiger partial charge on any atom is -0.458 e. The van der Waals surface area contributed by atoms with Crippen molar-refractivity contribution in [3.63, 3.8) is 0 Å². The van der Waals surface area contributed by atoms with E-state index in [0.29, 0.717) is 0 Å². The van der Waals surface area contributed by atoms with Crippen LogP contribution in [-0.4, -0.2) is 36.1 Å². The van der Waals surface area contributed by atoms with Crippen molar-refractivity contribution in [3.05, 3.63) is 0 Å². The third-order valence-electron chi connectivity index (χ3n) is 2.65. The van der Waals surface area contributed by atoms with E-state index in [9.17, 15) is 31.1 Å². The van der Waals surface area contributed by atoms with Gasteiger partial charge in [0.15, 0.2) is 0 Å². The first kappa shape index (κ1) is 21.0. The summed E-state index contributed by atoms with van der Waals surface area (Å²) in [5.74, 6) is -1.29. The van der Waals surface area contributed by atoms with Crippen LogP contribution in [0.1, 0.15) is 47.0 Å². The second-order valence-electron chi connectivity index (χ2n) is 5.80. The number of carbonyl (C=O) groups excluding carboxylic acids is 1. The van der Waals surface area contributed by atoms with Crippen LogP contribution in [0.4, 0.5) is 26.3 Å². The van der Waals surface area contributed by atoms with E-state index in [4.69, 9.17) is 0 Å². The molecule has 22 heavy (non-hydrogen) atoms. The van der Waals surface area contributed by atoms with E-state index in [2.05, 4.69) is 9.47 Å². The Bertz CT molecular complexity index is 353. The fourth-order valence-corrected chi connectivity index (χ4v) is 1.66. The van der Waals surface area contributed by atoms with E-state index in [1.165, 1.54) is 27.7 Å². The Hall–Kier alpha value is -0.990. The molecule has 0 rings (SSSR count). The van der Waals surface area contributed by atoms with Gasteiger partial charge in [-0.3, -0.25) is 0 Å². The SMILES string of the molecule is CCCCC(OCC(=O)OC(C)(C)C)(C(F)(F)F)C(F)(F)F. The van der Waals surface area contributed by atoms with Gasteiger partial charge in [-0.05, 0) is 27.2 Å². The van der Waals surface area contributed by atoms with Crippen molar-refractivity contribution in [2.45, 2.75) is 70.5 Å². The molecular weight excluding hydrogens is 318 g/mol. The lowest BCUT2D eigenvalue weighted by Crippen LogP contribution is -2.59. The summed E-state index contributed by atoms with van der Waals surface area (Å²) in [4.78, 5) is 11.4. The smallest absolute Gasteiger partial charge is 0.426 e. The molecule has 0 bridgehead atoms. The summed E-state index contributed by atoms with van der Waals surface area (Å²) in [5, 5.41) is 0. The van der Waals surface area contributed by atoms with E-state index >= 15 is 0 Å². The summed E-state index contributed by atoms with van der Waals surface area (Å²) >= 11 is 0. The zero-order valence-electron chi connectivity index (χ0n) is 12.8. The molecule has 0 aromatic heterocycles. The van der Waals surface area contributed by atoms with Crippen LogP contribution in [0.5, 0.6) is 0 Å². The Kier molecular flexibility index (Phi) is 6.74. The Morgan fingerprint density at radius 3 is 1.73 bits per heavy atom. The van der Waals surface area contributed by atoms with Gasteiger partial charge in [0.1, 0.15) is 12.2 Å². The van der Waals surface area contributed by atoms with Gasteiger partial charge in [0.2, 0.25) is 0 Å². The van der Waals surface area contributed by atoms with Gasteiger partial charge in [-0.15, -0.1) is 0 Å². The lowest BCUT2D eigenvalue weighted by Gasteiger charge is -2.37. The Morgan fingerprint density at radius 1 is 0.955 bits per heavy atom. The standard InChI is InChI=1S/C13H20F6O3/c1-5-6-7-11(12(14,15)16,13(17,18)19)21-8-9(20)22-10(2,3)4/h5-8H2,1-4H3. The van der Waals surface area contributed by atoms with Crippen LogP contribution in [0, 0.1) is 0 Å². The number of carbonyl (C=O) groups is 1. The molecule has 132 valence electrons. The highest BCUT2D eigenvalue weighted by Crippen LogP contribution is 2.48. The monoisotopic (exact) mass is 338 g/mol. The molecular formula is C13H20F6O3. The van der Waals surface area contributed by atoms with Crippen molar-refractivity contribution < 1.29 is 40.6 Å². The molecule has 0 aliphatic heterocycles. The van der Waals surface area contributed by atoms with Crippen LogP contribution in [0.15, 0.2) is 0 Å². The van der Waals surface area contributed by atoms with E-state index < -0.39 is 42.6 Å². The first-order chi connectivity index (χ1) is 9.66. The molecule has 0 saturated heterocycles. The van der Waals surface area contributed by atoms with Crippen molar-refractivity contribution in [1.82, 2.24) is 0 Å². The maximum Gasteiger partial charge on any atom is 0.426 e. The largest absolute Gasteiger partial charge is 0.458 e. The summed E-state index contributed by atoms with van der Waals surface area (Å²) < 4.78 is 86.6. The van der Waals surface area contributed by atoms with Crippen LogP contribution in [0.2, 0.25) is 0 Å². The number of hydrogen-bond acceptors (Lipinski definition) is 3. The highest BCUT2D eigenvalue weighted by atomic mass is 19.4. The fraction of sp³-hybridized carbons (Fsp3) is 0.923. The van der Waals surface area contributed by atoms with Crippen molar-refractivity contribution in [1.29, 1.82) is 0 Å². The molecule has 0 aromatic carbocycles. The van der Waals surface area contributed by atoms with Crippen LogP contribution >= 0.6 is 0 Å². The molecule has 0 aromatic rings. The number of alkyl halides is 6. The van der Waals surface area contributed by atoms with E-state index in [1.807, 2.05) is 0 Å². The number of esters is 1. The summed E-state index contributed by atoms with van der Waals surface area (Å²) in [6, 6.07) is 0. The van der Waals surface area contributed by atoms with E-state index in [0.717, 1.165) is 0 Å². The number of halogens is 6. The van der Waals surface area contributed by atoms with Gasteiger partial charge in [0.25, 0.3) is 5.60 Å². The average Bonchev–Trinajstić information content (AvgIpc) is 2.23. The predicted octanol–water partition coefficient (Wildman–Crippen LogP) is 4.40. The second-order valence-corrected chi connectivity index (χ2v) is 5.80. The number of unbranched alkanes of at least 4 members (excludes halogenated alkanes) is 1. The number of hydrogen-bond donors (Lipinski definition) is 0. The lowest BCUT2D eigenvalue weighted by atomic mass is 9.94. The van der Waals surface area contributed by atoms with Crippen molar-refractivity contribution in [2.24, 2.45) is 0 Å². The van der Waals surface area contributed by atoms with Gasteiger partial charge in [-0.1, -0.05) is 19.8 Å². The Morgan fingerprint density at radius 2 is 1.41 bits per heavy atom. The molecule has 0 amide bonds. The minimum atomic E-state index is -5.69. The van der Waals surface area contributed by atoms with Gasteiger partial charge >= 0.3 is 18.3 Å². The van der Waals surface area contributed by atoms with Gasteiger partial charge in [-0.25, -0.2) is 4.79 Å². The van der Waals surface area contributed by atoms with Crippen molar-refractivity contribution in [2.75, 3.05) is 6.61 Å². The lowest BCUT2D eigenvalue weighted by molar-refractivity contribution is -0.381. The molecule has 0 radical (unpaired) electrons. The summed E-state index contributed by atoms with van der Waals surface area (Å²) in [6.07, 6.45) is -12.9. The van der Waals surface area contributed by atoms with Crippen molar-refractivity contribution >= 4 is 5.97 Å². The molecule has 0 unspecified atom stereocenters. The first-order valence-electron chi connectivity index (χ1n) is 6.65. The van der Waals surface area contributed by atoms with Crippen LogP contribution in [0.3, 0.4) is 0 Å². The molecule has 0 heterocycles. The molecule has 9 heteroatoms. The van der Waals surface area contributed by atoms with E-state index in [-0.39, 0.29) is 12.8 Å². The molecule has 0 saturated carbocycles. The summed E-state index contributed by atoms with van der Waals surface area (Å²) in [6.45, 7) is 4.32. The van der Waals surface area contributed by atoms with Gasteiger partial charge in [0.05, 0.1) is 0 Å². The third kappa shape index (κ3) is 5.66. The zero-order valence-corrected chi connectivity index (χ0v) is 12.8. The number of ether oxygens (including phenoxy) is 2. The van der Waals surface area contributed by atoms with Crippen LogP contribution in [0.25, 0.3) is 0 Å². The topological polar surface area (TPSA) is 35.5 Å². The van der Waals surface area contributed by atoms with Gasteiger partial charge in [0, 0.05) is 0 Å². The maximum absolute atomic E-state index is 13.0. The quantitative estimate of drug-likeness (QED) is 0.532. The van der Waals surface area contributed by atoms with Gasteiger partial charge < -0.3 is 9.47 Å². The molecule has 0 N–H and O–H groups in total. The molecule has 0 fully saturated rings. The maximum atomic E-state index is 13.0.